The van der Waals surface area contributed by atoms with Crippen molar-refractivity contribution in [3.63, 3.8) is 0 Å². The minimum Gasteiger partial charge on any atom is -0.482 e. The molecule has 10 rings (SSSR count). The Morgan fingerprint density at radius 3 is 2.29 bits per heavy atom. The van der Waals surface area contributed by atoms with Gasteiger partial charge in [0.15, 0.2) is 17.3 Å². The summed E-state index contributed by atoms with van der Waals surface area (Å²) >= 11 is 0. The second kappa shape index (κ2) is 14.9. The van der Waals surface area contributed by atoms with E-state index in [1.165, 1.54) is 36.7 Å². The summed E-state index contributed by atoms with van der Waals surface area (Å²) in [6.07, 6.45) is 10.4. The van der Waals surface area contributed by atoms with Crippen LogP contribution < -0.4 is 25.4 Å². The number of nitrogens with zero attached hydrogens (tertiary/aromatic N) is 10. The Bertz CT molecular complexity index is 3040. The maximum Gasteiger partial charge on any atom is 0.367 e. The van der Waals surface area contributed by atoms with Crippen molar-refractivity contribution in [2.45, 2.75) is 59.0 Å². The van der Waals surface area contributed by atoms with Gasteiger partial charge in [0.1, 0.15) is 35.4 Å². The van der Waals surface area contributed by atoms with Crippen molar-refractivity contribution in [1.29, 1.82) is 0 Å². The number of fused-ring (bicyclic) bond motifs is 14. The van der Waals surface area contributed by atoms with Crippen LogP contribution in [0.25, 0.3) is 45.2 Å². The van der Waals surface area contributed by atoms with Crippen molar-refractivity contribution in [3.8, 4) is 56.7 Å². The Morgan fingerprint density at radius 1 is 0.839 bits per heavy atom. The first-order chi connectivity index (χ1) is 29.9. The number of rotatable bonds is 4. The van der Waals surface area contributed by atoms with E-state index in [0.29, 0.717) is 52.2 Å². The Balaban J connectivity index is 1.15. The van der Waals surface area contributed by atoms with Crippen LogP contribution in [0.3, 0.4) is 0 Å². The molecule has 2 aliphatic heterocycles. The van der Waals surface area contributed by atoms with Gasteiger partial charge < -0.3 is 24.3 Å². The molecule has 62 heavy (non-hydrogen) atoms. The van der Waals surface area contributed by atoms with Crippen LogP contribution in [0.15, 0.2) is 92.0 Å². The predicted octanol–water partition coefficient (Wildman–Crippen LogP) is 8.06. The van der Waals surface area contributed by atoms with Crippen LogP contribution in [0, 0.1) is 11.6 Å². The van der Waals surface area contributed by atoms with Crippen molar-refractivity contribution in [1.82, 2.24) is 43.5 Å². The first-order valence-electron chi connectivity index (χ1n) is 19.9. The van der Waals surface area contributed by atoms with E-state index in [2.05, 4.69) is 20.5 Å². The second-order valence-corrected chi connectivity index (χ2v) is 15.3. The number of imidazole rings is 2. The Hall–Kier alpha value is -7.50. The van der Waals surface area contributed by atoms with Gasteiger partial charge in [-0.05, 0) is 69.3 Å². The molecule has 18 heteroatoms. The van der Waals surface area contributed by atoms with Crippen molar-refractivity contribution >= 4 is 11.6 Å². The number of hydrogen-bond donors (Lipinski definition) is 2. The van der Waals surface area contributed by atoms with Crippen LogP contribution in [0.2, 0.25) is 0 Å². The summed E-state index contributed by atoms with van der Waals surface area (Å²) in [5.41, 5.74) is 16.4. The Morgan fingerprint density at radius 2 is 1.53 bits per heavy atom. The largest absolute Gasteiger partial charge is 0.482 e. The van der Waals surface area contributed by atoms with E-state index in [0.717, 1.165) is 32.1 Å². The van der Waals surface area contributed by atoms with Gasteiger partial charge in [0.2, 0.25) is 12.0 Å². The van der Waals surface area contributed by atoms with Gasteiger partial charge in [-0.1, -0.05) is 4.68 Å². The highest BCUT2D eigenvalue weighted by atomic mass is 19.3. The third kappa shape index (κ3) is 6.49. The molecule has 314 valence electrons. The lowest BCUT2D eigenvalue weighted by atomic mass is 9.95. The third-order valence-corrected chi connectivity index (χ3v) is 11.4. The molecule has 0 radical (unpaired) electrons. The molecule has 4 bridgehead atoms. The molecule has 0 saturated heterocycles. The Labute approximate surface area is 351 Å². The van der Waals surface area contributed by atoms with Gasteiger partial charge in [0.25, 0.3) is 0 Å². The summed E-state index contributed by atoms with van der Waals surface area (Å²) in [5.74, 6) is -0.0160. The highest BCUT2D eigenvalue weighted by Crippen LogP contribution is 2.41. The summed E-state index contributed by atoms with van der Waals surface area (Å²) in [6.45, 7) is 3.10. The molecule has 1 unspecified atom stereocenters. The summed E-state index contributed by atoms with van der Waals surface area (Å²) in [7, 11) is 1.83. The van der Waals surface area contributed by atoms with Gasteiger partial charge >= 0.3 is 6.55 Å². The molecule has 2 aromatic carbocycles. The van der Waals surface area contributed by atoms with Gasteiger partial charge in [0.05, 0.1) is 41.7 Å². The lowest BCUT2D eigenvalue weighted by molar-refractivity contribution is -0.736. The number of benzene rings is 2. The van der Waals surface area contributed by atoms with Crippen LogP contribution in [0.1, 0.15) is 67.5 Å². The first kappa shape index (κ1) is 38.7. The molecule has 0 fully saturated rings. The number of ether oxygens (including phenoxy) is 2. The summed E-state index contributed by atoms with van der Waals surface area (Å²) < 4.78 is 80.6. The van der Waals surface area contributed by atoms with Gasteiger partial charge in [-0.3, -0.25) is 4.68 Å². The zero-order chi connectivity index (χ0) is 43.0. The first-order valence-corrected chi connectivity index (χ1v) is 19.9. The topological polar surface area (TPSA) is 145 Å². The lowest BCUT2D eigenvalue weighted by Crippen LogP contribution is -2.50. The van der Waals surface area contributed by atoms with E-state index >= 15 is 13.2 Å². The summed E-state index contributed by atoms with van der Waals surface area (Å²) in [5, 5.41) is 4.57. The van der Waals surface area contributed by atoms with E-state index in [1.54, 1.807) is 78.5 Å². The zero-order valence-electron chi connectivity index (χ0n) is 33.9. The number of nitrogens with one attached hydrogen (secondary N) is 1. The normalized spacial score (nSPS) is 15.5. The van der Waals surface area contributed by atoms with Crippen LogP contribution in [-0.2, 0) is 26.6 Å². The number of nitrogen functional groups attached to an aromatic ring is 1. The standard InChI is InChI=1S/C44H38F4N12O2/c1-5-57-22-53-35-12-25-19-54-56(4)39(25)31-8-6-29(45)15-33(31)23(2)62-37-14-27(40(35)57)18-52-42(37)55-59-21-28-20-58-11-10-50-43(58)32-9-7-30(46)16-34(32)24(3)61-36-13-26(17-51-41(36)49)38(28)60(59)44(47)48/h6-11,13-19,21-24,44,49H,5,12,20H2,1-4H3,(H,52,55)/p+1/t23-,24?/m1/s1. The average Bonchev–Trinajstić information content (AvgIpc) is 4.04. The number of halogens is 4. The maximum absolute atomic E-state index is 15.7. The smallest absolute Gasteiger partial charge is 0.367 e. The molecule has 0 spiro atoms. The highest BCUT2D eigenvalue weighted by Gasteiger charge is 2.34. The summed E-state index contributed by atoms with van der Waals surface area (Å²) in [6, 6.07) is 12.2. The van der Waals surface area contributed by atoms with E-state index in [-0.39, 0.29) is 40.9 Å². The maximum atomic E-state index is 15.7. The number of anilines is 2. The predicted molar refractivity (Wildman–Crippen MR) is 220 cm³/mol. The van der Waals surface area contributed by atoms with Crippen LogP contribution >= 0.6 is 0 Å². The average molecular weight is 844 g/mol. The fourth-order valence-electron chi connectivity index (χ4n) is 8.57. The van der Waals surface area contributed by atoms with E-state index in [4.69, 9.17) is 25.2 Å². The number of hydrogen-bond acceptors (Lipinski definition) is 9. The monoisotopic (exact) mass is 843 g/mol. The zero-order valence-corrected chi connectivity index (χ0v) is 33.9. The van der Waals surface area contributed by atoms with Crippen molar-refractivity contribution in [2.75, 3.05) is 11.2 Å². The third-order valence-electron chi connectivity index (χ3n) is 11.4. The molecule has 8 aromatic rings. The van der Waals surface area contributed by atoms with Crippen LogP contribution in [0.5, 0.6) is 11.5 Å². The van der Waals surface area contributed by atoms with Crippen molar-refractivity contribution < 1.29 is 31.8 Å². The fourth-order valence-corrected chi connectivity index (χ4v) is 8.57. The molecule has 14 nitrogen and oxygen atoms in total. The molecule has 2 aliphatic rings. The molecule has 0 saturated carbocycles. The van der Waals surface area contributed by atoms with Gasteiger partial charge in [0, 0.05) is 88.5 Å². The van der Waals surface area contributed by atoms with E-state index in [9.17, 15) is 4.39 Å². The van der Waals surface area contributed by atoms with Crippen molar-refractivity contribution in [2.24, 2.45) is 7.05 Å². The molecule has 2 atom stereocenters. The minimum absolute atomic E-state index is 0.0216. The van der Waals surface area contributed by atoms with Crippen molar-refractivity contribution in [3.05, 3.63) is 132 Å². The number of alkyl halides is 2. The highest BCUT2D eigenvalue weighted by molar-refractivity contribution is 5.72. The molecular formula is C44H39F4N12O2+. The molecule has 0 aliphatic carbocycles. The second-order valence-electron chi connectivity index (χ2n) is 15.3. The number of pyridine rings is 2. The van der Waals surface area contributed by atoms with Gasteiger partial charge in [-0.15, -0.1) is 5.43 Å². The molecule has 8 heterocycles. The van der Waals surface area contributed by atoms with E-state index < -0.39 is 30.4 Å². The SMILES string of the molecule is CCn1cnc2c1-c1cnc(N[n+]3cc4c(n3C(F)F)-c3cnc(N)c(c3)OC(C)c3cc(F)ccc3-c3nccn3C4)c(c1)O[C@H](C)c1cc(F)ccc1-c1c(cnn1C)C2. The molecule has 6 aromatic heterocycles. The van der Waals surface area contributed by atoms with Gasteiger partial charge in [-0.25, -0.2) is 28.7 Å². The molecular weight excluding hydrogens is 805 g/mol. The number of nitrogens with two attached hydrogens (primary N) is 1. The lowest BCUT2D eigenvalue weighted by Gasteiger charge is -2.22. The number of aryl methyl sites for hydroxylation is 2. The van der Waals surface area contributed by atoms with Crippen LogP contribution in [0.4, 0.5) is 29.2 Å². The van der Waals surface area contributed by atoms with Gasteiger partial charge in [-0.2, -0.15) is 13.9 Å². The minimum atomic E-state index is -3.10. The number of aromatic nitrogens is 10. The van der Waals surface area contributed by atoms with Crippen LogP contribution in [-0.4, -0.2) is 43.5 Å². The molecule has 3 N–H and O–H groups in total. The quantitative estimate of drug-likeness (QED) is 0.133. The van der Waals surface area contributed by atoms with E-state index in [1.807, 2.05) is 18.5 Å². The fraction of sp³-hybridized carbons (Fsp3) is 0.227. The summed E-state index contributed by atoms with van der Waals surface area (Å²) in [4.78, 5) is 19.7. The molecule has 0 amide bonds. The Kier molecular flexibility index (Phi) is 9.29.